The molecule has 160 valence electrons. The fraction of sp³-hybridized carbons (Fsp3) is 0.250. The van der Waals surface area contributed by atoms with Crippen molar-refractivity contribution in [2.75, 3.05) is 5.32 Å². The van der Waals surface area contributed by atoms with Gasteiger partial charge in [0.25, 0.3) is 0 Å². The Morgan fingerprint density at radius 1 is 0.968 bits per heavy atom. The molecule has 1 aromatic heterocycles. The maximum atomic E-state index is 12.6. The second-order valence-corrected chi connectivity index (χ2v) is 7.55. The van der Waals surface area contributed by atoms with Crippen molar-refractivity contribution in [1.29, 1.82) is 0 Å². The first-order valence-corrected chi connectivity index (χ1v) is 10.1. The molecule has 0 aliphatic carbocycles. The molecule has 7 nitrogen and oxygen atoms in total. The lowest BCUT2D eigenvalue weighted by Crippen LogP contribution is -2.24. The van der Waals surface area contributed by atoms with Crippen LogP contribution in [0, 0.1) is 5.92 Å². The number of Topliss-reactive ketones (excluding diaryl/α,β-unsaturated/α-hetero) is 1. The summed E-state index contributed by atoms with van der Waals surface area (Å²) in [6, 6.07) is 16.2. The highest BCUT2D eigenvalue weighted by Gasteiger charge is 2.21. The smallest absolute Gasteiger partial charge is 0.342 e. The third-order valence-corrected chi connectivity index (χ3v) is 4.67. The zero-order valence-corrected chi connectivity index (χ0v) is 17.7. The molecule has 3 rings (SSSR count). The van der Waals surface area contributed by atoms with Crippen molar-refractivity contribution in [3.05, 3.63) is 83.7 Å². The topological polar surface area (TPSA) is 90.3 Å². The van der Waals surface area contributed by atoms with Gasteiger partial charge in [0.15, 0.2) is 6.10 Å². The second kappa shape index (κ2) is 9.84. The minimum Gasteiger partial charge on any atom is -0.451 e. The van der Waals surface area contributed by atoms with Crippen LogP contribution in [0.4, 0.5) is 5.69 Å². The molecule has 31 heavy (non-hydrogen) atoms. The average molecular weight is 419 g/mol. The summed E-state index contributed by atoms with van der Waals surface area (Å²) in [4.78, 5) is 36.8. The SMILES string of the molecule is CC(C)C(=O)Nc1ccc(C(=O)C(C)OC(=O)c2cnn(Cc3ccccc3)c2)cc1. The van der Waals surface area contributed by atoms with Crippen molar-refractivity contribution in [2.24, 2.45) is 5.92 Å². The number of benzene rings is 2. The van der Waals surface area contributed by atoms with Gasteiger partial charge in [0.05, 0.1) is 18.3 Å². The normalized spacial score (nSPS) is 11.7. The lowest BCUT2D eigenvalue weighted by molar-refractivity contribution is -0.118. The molecule has 2 aromatic carbocycles. The van der Waals surface area contributed by atoms with Crippen LogP contribution in [0.25, 0.3) is 0 Å². The van der Waals surface area contributed by atoms with Gasteiger partial charge in [-0.25, -0.2) is 4.79 Å². The molecule has 7 heteroatoms. The molecule has 0 aliphatic rings. The predicted molar refractivity (Wildman–Crippen MR) is 117 cm³/mol. The van der Waals surface area contributed by atoms with E-state index < -0.39 is 12.1 Å². The molecule has 0 spiro atoms. The molecule has 0 fully saturated rings. The van der Waals surface area contributed by atoms with Crippen molar-refractivity contribution >= 4 is 23.3 Å². The lowest BCUT2D eigenvalue weighted by Gasteiger charge is -2.12. The number of carbonyl (C=O) groups is 3. The number of rotatable bonds is 8. The first kappa shape index (κ1) is 22.0. The molecule has 1 atom stereocenters. The van der Waals surface area contributed by atoms with Crippen LogP contribution in [0.5, 0.6) is 0 Å². The van der Waals surface area contributed by atoms with Crippen LogP contribution in [0.1, 0.15) is 47.1 Å². The average Bonchev–Trinajstić information content (AvgIpc) is 3.23. The summed E-state index contributed by atoms with van der Waals surface area (Å²) in [6.45, 7) is 5.66. The third-order valence-electron chi connectivity index (χ3n) is 4.67. The van der Waals surface area contributed by atoms with Crippen molar-refractivity contribution < 1.29 is 19.1 Å². The van der Waals surface area contributed by atoms with E-state index in [1.165, 1.54) is 13.1 Å². The standard InChI is InChI=1S/C24H25N3O4/c1-16(2)23(29)26-21-11-9-19(10-12-21)22(28)17(3)31-24(30)20-13-25-27(15-20)14-18-7-5-4-6-8-18/h4-13,15-17H,14H2,1-3H3,(H,26,29). The van der Waals surface area contributed by atoms with Crippen molar-refractivity contribution in [2.45, 2.75) is 33.4 Å². The van der Waals surface area contributed by atoms with Gasteiger partial charge in [-0.15, -0.1) is 0 Å². The van der Waals surface area contributed by atoms with E-state index in [1.807, 2.05) is 30.3 Å². The van der Waals surface area contributed by atoms with Crippen LogP contribution >= 0.6 is 0 Å². The number of nitrogens with one attached hydrogen (secondary N) is 1. The van der Waals surface area contributed by atoms with E-state index in [4.69, 9.17) is 4.74 Å². The van der Waals surface area contributed by atoms with Gasteiger partial charge in [-0.1, -0.05) is 44.2 Å². The molecule has 3 aromatic rings. The van der Waals surface area contributed by atoms with E-state index in [2.05, 4.69) is 10.4 Å². The monoisotopic (exact) mass is 419 g/mol. The summed E-state index contributed by atoms with van der Waals surface area (Å²) in [5.74, 6) is -1.18. The Balaban J connectivity index is 1.58. The largest absolute Gasteiger partial charge is 0.451 e. The number of nitrogens with zero attached hydrogens (tertiary/aromatic N) is 2. The Morgan fingerprint density at radius 2 is 1.65 bits per heavy atom. The van der Waals surface area contributed by atoms with E-state index >= 15 is 0 Å². The maximum absolute atomic E-state index is 12.6. The summed E-state index contributed by atoms with van der Waals surface area (Å²) in [7, 11) is 0. The van der Waals surface area contributed by atoms with Gasteiger partial charge in [-0.05, 0) is 36.8 Å². The van der Waals surface area contributed by atoms with Crippen LogP contribution < -0.4 is 5.32 Å². The summed E-state index contributed by atoms with van der Waals surface area (Å²) >= 11 is 0. The number of ether oxygens (including phenoxy) is 1. The van der Waals surface area contributed by atoms with Gasteiger partial charge in [0.1, 0.15) is 0 Å². The van der Waals surface area contributed by atoms with Crippen LogP contribution in [0.15, 0.2) is 67.0 Å². The molecular weight excluding hydrogens is 394 g/mol. The van der Waals surface area contributed by atoms with Gasteiger partial charge >= 0.3 is 5.97 Å². The zero-order chi connectivity index (χ0) is 22.4. The number of esters is 1. The third kappa shape index (κ3) is 5.88. The molecule has 1 N–H and O–H groups in total. The highest BCUT2D eigenvalue weighted by Crippen LogP contribution is 2.15. The van der Waals surface area contributed by atoms with Crippen LogP contribution in [0.2, 0.25) is 0 Å². The minimum atomic E-state index is -0.957. The zero-order valence-electron chi connectivity index (χ0n) is 17.7. The fourth-order valence-corrected chi connectivity index (χ4v) is 2.85. The van der Waals surface area contributed by atoms with E-state index in [9.17, 15) is 14.4 Å². The van der Waals surface area contributed by atoms with E-state index in [-0.39, 0.29) is 23.2 Å². The van der Waals surface area contributed by atoms with Crippen molar-refractivity contribution in [1.82, 2.24) is 9.78 Å². The quantitative estimate of drug-likeness (QED) is 0.441. The molecule has 1 amide bonds. The summed E-state index contributed by atoms with van der Waals surface area (Å²) in [5.41, 5.74) is 2.33. The second-order valence-electron chi connectivity index (χ2n) is 7.55. The van der Waals surface area contributed by atoms with Gasteiger partial charge in [-0.3, -0.25) is 14.3 Å². The highest BCUT2D eigenvalue weighted by molar-refractivity contribution is 6.02. The molecule has 0 saturated carbocycles. The Labute approximate surface area is 181 Å². The summed E-state index contributed by atoms with van der Waals surface area (Å²) < 4.78 is 6.97. The van der Waals surface area contributed by atoms with Crippen molar-refractivity contribution in [3.63, 3.8) is 0 Å². The van der Waals surface area contributed by atoms with Gasteiger partial charge in [0.2, 0.25) is 11.7 Å². The Bertz CT molecular complexity index is 1060. The van der Waals surface area contributed by atoms with E-state index in [0.717, 1.165) is 5.56 Å². The summed E-state index contributed by atoms with van der Waals surface area (Å²) in [5, 5.41) is 6.95. The first-order valence-electron chi connectivity index (χ1n) is 10.1. The minimum absolute atomic E-state index is 0.103. The predicted octanol–water partition coefficient (Wildman–Crippen LogP) is 3.95. The number of hydrogen-bond donors (Lipinski definition) is 1. The molecular formula is C24H25N3O4. The lowest BCUT2D eigenvalue weighted by atomic mass is 10.1. The molecule has 1 heterocycles. The van der Waals surface area contributed by atoms with Gasteiger partial charge in [0, 0.05) is 23.4 Å². The Hall–Kier alpha value is -3.74. The highest BCUT2D eigenvalue weighted by atomic mass is 16.5. The summed E-state index contributed by atoms with van der Waals surface area (Å²) in [6.07, 6.45) is 2.06. The van der Waals surface area contributed by atoms with Crippen LogP contribution in [-0.2, 0) is 16.1 Å². The van der Waals surface area contributed by atoms with Crippen molar-refractivity contribution in [3.8, 4) is 0 Å². The Morgan fingerprint density at radius 3 is 2.29 bits per heavy atom. The number of ketones is 1. The Kier molecular flexibility index (Phi) is 6.97. The van der Waals surface area contributed by atoms with E-state index in [0.29, 0.717) is 17.8 Å². The van der Waals surface area contributed by atoms with Crippen LogP contribution in [-0.4, -0.2) is 33.5 Å². The molecule has 1 unspecified atom stereocenters. The number of carbonyl (C=O) groups excluding carboxylic acids is 3. The van der Waals surface area contributed by atoms with Crippen LogP contribution in [0.3, 0.4) is 0 Å². The van der Waals surface area contributed by atoms with Gasteiger partial charge < -0.3 is 10.1 Å². The number of hydrogen-bond acceptors (Lipinski definition) is 5. The first-order chi connectivity index (χ1) is 14.8. The van der Waals surface area contributed by atoms with Gasteiger partial charge in [-0.2, -0.15) is 5.10 Å². The number of aromatic nitrogens is 2. The number of anilines is 1. The van der Waals surface area contributed by atoms with E-state index in [1.54, 1.807) is 49.0 Å². The molecule has 0 aliphatic heterocycles. The fourth-order valence-electron chi connectivity index (χ4n) is 2.85. The molecule has 0 radical (unpaired) electrons. The maximum Gasteiger partial charge on any atom is 0.342 e. The molecule has 0 bridgehead atoms. The molecule has 0 saturated heterocycles. The number of amides is 1.